The number of carbonyl (C=O) groups excluding carboxylic acids is 2. The molecule has 1 heterocycles. The third-order valence-electron chi connectivity index (χ3n) is 4.64. The van der Waals surface area contributed by atoms with Crippen molar-refractivity contribution in [3.05, 3.63) is 53.7 Å². The Morgan fingerprint density at radius 3 is 2.40 bits per heavy atom. The highest BCUT2D eigenvalue weighted by Gasteiger charge is 2.17. The van der Waals surface area contributed by atoms with Crippen molar-refractivity contribution in [2.75, 3.05) is 24.9 Å². The van der Waals surface area contributed by atoms with Crippen LogP contribution in [-0.4, -0.2) is 31.0 Å². The van der Waals surface area contributed by atoms with E-state index in [9.17, 15) is 9.59 Å². The van der Waals surface area contributed by atoms with Gasteiger partial charge in [0.15, 0.2) is 0 Å². The number of nitrogens with zero attached hydrogens (tertiary/aromatic N) is 1. The second kappa shape index (κ2) is 8.82. The van der Waals surface area contributed by atoms with Crippen molar-refractivity contribution in [1.29, 1.82) is 0 Å². The molecule has 0 aliphatic heterocycles. The van der Waals surface area contributed by atoms with E-state index in [1.54, 1.807) is 37.4 Å². The fourth-order valence-electron chi connectivity index (χ4n) is 2.98. The summed E-state index contributed by atoms with van der Waals surface area (Å²) >= 11 is 0. The lowest BCUT2D eigenvalue weighted by molar-refractivity contribution is -0.118. The molecule has 0 saturated carbocycles. The fourth-order valence-corrected chi connectivity index (χ4v) is 2.98. The zero-order valence-corrected chi connectivity index (χ0v) is 17.7. The molecule has 2 aromatic carbocycles. The van der Waals surface area contributed by atoms with Crippen LogP contribution in [0, 0.1) is 12.8 Å². The molecular formula is C23H25N3O4. The SMILES string of the molecule is COc1ccc(OC)c(NC(=O)c2cc(NC(=O)C(C)C)cc3nc(C)ccc23)c1. The molecule has 0 aliphatic rings. The minimum absolute atomic E-state index is 0.136. The topological polar surface area (TPSA) is 89.5 Å². The molecule has 156 valence electrons. The number of pyridine rings is 1. The van der Waals surface area contributed by atoms with Crippen molar-refractivity contribution < 1.29 is 19.1 Å². The number of methoxy groups -OCH3 is 2. The van der Waals surface area contributed by atoms with Crippen molar-refractivity contribution >= 4 is 34.1 Å². The number of nitrogens with one attached hydrogen (secondary N) is 2. The Hall–Kier alpha value is -3.61. The molecular weight excluding hydrogens is 382 g/mol. The number of hydrogen-bond donors (Lipinski definition) is 2. The second-order valence-corrected chi connectivity index (χ2v) is 7.21. The number of fused-ring (bicyclic) bond motifs is 1. The second-order valence-electron chi connectivity index (χ2n) is 7.21. The van der Waals surface area contributed by atoms with E-state index in [1.807, 2.05) is 32.9 Å². The summed E-state index contributed by atoms with van der Waals surface area (Å²) in [6.07, 6.45) is 0. The van der Waals surface area contributed by atoms with Crippen molar-refractivity contribution in [1.82, 2.24) is 4.98 Å². The molecule has 3 aromatic rings. The van der Waals surface area contributed by atoms with Crippen molar-refractivity contribution in [2.24, 2.45) is 5.92 Å². The minimum atomic E-state index is -0.349. The molecule has 0 aliphatic carbocycles. The van der Waals surface area contributed by atoms with E-state index in [1.165, 1.54) is 7.11 Å². The quantitative estimate of drug-likeness (QED) is 0.632. The van der Waals surface area contributed by atoms with Gasteiger partial charge in [-0.15, -0.1) is 0 Å². The van der Waals surface area contributed by atoms with E-state index in [2.05, 4.69) is 15.6 Å². The van der Waals surface area contributed by atoms with Crippen LogP contribution in [-0.2, 0) is 4.79 Å². The summed E-state index contributed by atoms with van der Waals surface area (Å²) in [4.78, 5) is 29.9. The van der Waals surface area contributed by atoms with E-state index >= 15 is 0 Å². The lowest BCUT2D eigenvalue weighted by atomic mass is 10.0. The third-order valence-corrected chi connectivity index (χ3v) is 4.64. The number of hydrogen-bond acceptors (Lipinski definition) is 5. The third kappa shape index (κ3) is 4.51. The summed E-state index contributed by atoms with van der Waals surface area (Å²) in [5, 5.41) is 6.41. The first-order valence-electron chi connectivity index (χ1n) is 9.58. The molecule has 7 heteroatoms. The molecule has 2 N–H and O–H groups in total. The van der Waals surface area contributed by atoms with Gasteiger partial charge in [-0.25, -0.2) is 0 Å². The Labute approximate surface area is 175 Å². The van der Waals surface area contributed by atoms with Crippen LogP contribution < -0.4 is 20.1 Å². The summed E-state index contributed by atoms with van der Waals surface area (Å²) in [5.41, 5.74) is 2.83. The molecule has 1 aromatic heterocycles. The average molecular weight is 407 g/mol. The van der Waals surface area contributed by atoms with Gasteiger partial charge in [0.2, 0.25) is 5.91 Å². The normalized spacial score (nSPS) is 10.7. The van der Waals surface area contributed by atoms with Gasteiger partial charge < -0.3 is 20.1 Å². The molecule has 0 atom stereocenters. The summed E-state index contributed by atoms with van der Waals surface area (Å²) < 4.78 is 10.6. The van der Waals surface area contributed by atoms with Crippen LogP contribution in [0.3, 0.4) is 0 Å². The van der Waals surface area contributed by atoms with Crippen LogP contribution in [0.1, 0.15) is 29.9 Å². The average Bonchev–Trinajstić information content (AvgIpc) is 2.72. The van der Waals surface area contributed by atoms with Crippen LogP contribution in [0.4, 0.5) is 11.4 Å². The highest BCUT2D eigenvalue weighted by molar-refractivity contribution is 6.14. The smallest absolute Gasteiger partial charge is 0.256 e. The molecule has 0 bridgehead atoms. The standard InChI is InChI=1S/C23H25N3O4/c1-13(2)22(27)25-15-10-18(17-8-6-14(3)24-19(17)11-15)23(28)26-20-12-16(29-4)7-9-21(20)30-5/h6-13H,1-5H3,(H,25,27)(H,26,28). The van der Waals surface area contributed by atoms with Gasteiger partial charge in [0.25, 0.3) is 5.91 Å². The van der Waals surface area contributed by atoms with Crippen molar-refractivity contribution in [2.45, 2.75) is 20.8 Å². The van der Waals surface area contributed by atoms with E-state index in [-0.39, 0.29) is 17.7 Å². The summed E-state index contributed by atoms with van der Waals surface area (Å²) in [7, 11) is 3.08. The van der Waals surface area contributed by atoms with Gasteiger partial charge in [-0.1, -0.05) is 19.9 Å². The molecule has 0 saturated heterocycles. The highest BCUT2D eigenvalue weighted by atomic mass is 16.5. The lowest BCUT2D eigenvalue weighted by Gasteiger charge is -2.15. The van der Waals surface area contributed by atoms with Crippen LogP contribution in [0.2, 0.25) is 0 Å². The Bertz CT molecular complexity index is 1110. The molecule has 3 rings (SSSR count). The van der Waals surface area contributed by atoms with Gasteiger partial charge in [-0.2, -0.15) is 0 Å². The first-order chi connectivity index (χ1) is 14.3. The fraction of sp³-hybridized carbons (Fsp3) is 0.261. The Kier molecular flexibility index (Phi) is 6.20. The Morgan fingerprint density at radius 1 is 0.967 bits per heavy atom. The highest BCUT2D eigenvalue weighted by Crippen LogP contribution is 2.31. The molecule has 0 spiro atoms. The van der Waals surface area contributed by atoms with Crippen molar-refractivity contribution in [3.63, 3.8) is 0 Å². The Balaban J connectivity index is 2.05. The van der Waals surface area contributed by atoms with Crippen LogP contribution in [0.5, 0.6) is 11.5 Å². The van der Waals surface area contributed by atoms with Crippen LogP contribution in [0.15, 0.2) is 42.5 Å². The number of rotatable bonds is 6. The van der Waals surface area contributed by atoms with E-state index in [0.29, 0.717) is 39.3 Å². The van der Waals surface area contributed by atoms with Gasteiger partial charge in [0.05, 0.1) is 31.0 Å². The lowest BCUT2D eigenvalue weighted by Crippen LogP contribution is -2.19. The predicted molar refractivity (Wildman–Crippen MR) is 117 cm³/mol. The summed E-state index contributed by atoms with van der Waals surface area (Å²) in [5.74, 6) is 0.419. The molecule has 7 nitrogen and oxygen atoms in total. The Morgan fingerprint density at radius 2 is 1.73 bits per heavy atom. The minimum Gasteiger partial charge on any atom is -0.497 e. The largest absolute Gasteiger partial charge is 0.497 e. The zero-order chi connectivity index (χ0) is 21.8. The summed E-state index contributed by atoms with van der Waals surface area (Å²) in [6.45, 7) is 5.49. The molecule has 0 radical (unpaired) electrons. The molecule has 0 fully saturated rings. The maximum atomic E-state index is 13.2. The zero-order valence-electron chi connectivity index (χ0n) is 17.7. The monoisotopic (exact) mass is 407 g/mol. The first kappa shape index (κ1) is 21.1. The number of ether oxygens (including phenoxy) is 2. The molecule has 2 amide bonds. The number of anilines is 2. The van der Waals surface area contributed by atoms with Crippen LogP contribution >= 0.6 is 0 Å². The van der Waals surface area contributed by atoms with Crippen LogP contribution in [0.25, 0.3) is 10.9 Å². The van der Waals surface area contributed by atoms with E-state index in [0.717, 1.165) is 5.69 Å². The van der Waals surface area contributed by atoms with Gasteiger partial charge >= 0.3 is 0 Å². The molecule has 0 unspecified atom stereocenters. The van der Waals surface area contributed by atoms with Gasteiger partial charge in [0, 0.05) is 28.8 Å². The van der Waals surface area contributed by atoms with E-state index < -0.39 is 0 Å². The number of amides is 2. The van der Waals surface area contributed by atoms with Gasteiger partial charge in [-0.05, 0) is 37.3 Å². The first-order valence-corrected chi connectivity index (χ1v) is 9.58. The molecule has 30 heavy (non-hydrogen) atoms. The maximum Gasteiger partial charge on any atom is 0.256 e. The van der Waals surface area contributed by atoms with Crippen molar-refractivity contribution in [3.8, 4) is 11.5 Å². The summed E-state index contributed by atoms with van der Waals surface area (Å²) in [6, 6.07) is 12.3. The number of aromatic nitrogens is 1. The van der Waals surface area contributed by atoms with Gasteiger partial charge in [0.1, 0.15) is 11.5 Å². The maximum absolute atomic E-state index is 13.2. The number of benzene rings is 2. The number of carbonyl (C=O) groups is 2. The van der Waals surface area contributed by atoms with Gasteiger partial charge in [-0.3, -0.25) is 14.6 Å². The predicted octanol–water partition coefficient (Wildman–Crippen LogP) is 4.41. The number of aryl methyl sites for hydroxylation is 1. The van der Waals surface area contributed by atoms with E-state index in [4.69, 9.17) is 9.47 Å².